The van der Waals surface area contributed by atoms with Crippen LogP contribution in [0.1, 0.15) is 25.9 Å². The van der Waals surface area contributed by atoms with Crippen molar-refractivity contribution in [2.24, 2.45) is 0 Å². The van der Waals surface area contributed by atoms with E-state index >= 15 is 0 Å². The number of hydrogen-bond donors (Lipinski definition) is 1. The van der Waals surface area contributed by atoms with E-state index in [-0.39, 0.29) is 5.91 Å². The Balaban J connectivity index is 1.77. The van der Waals surface area contributed by atoms with Crippen LogP contribution in [0.25, 0.3) is 0 Å². The number of anilines is 1. The Labute approximate surface area is 156 Å². The predicted octanol–water partition coefficient (Wildman–Crippen LogP) is 4.31. The van der Waals surface area contributed by atoms with Crippen molar-refractivity contribution in [3.63, 3.8) is 0 Å². The van der Waals surface area contributed by atoms with Gasteiger partial charge in [-0.1, -0.05) is 24.3 Å². The molecule has 0 saturated carbocycles. The third-order valence-corrected chi connectivity index (χ3v) is 5.04. The number of ether oxygens (including phenoxy) is 2. The van der Waals surface area contributed by atoms with Crippen molar-refractivity contribution >= 4 is 22.9 Å². The summed E-state index contributed by atoms with van der Waals surface area (Å²) in [6, 6.07) is 15.2. The van der Waals surface area contributed by atoms with E-state index in [9.17, 15) is 4.79 Å². The zero-order chi connectivity index (χ0) is 18.5. The van der Waals surface area contributed by atoms with Crippen molar-refractivity contribution < 1.29 is 14.3 Å². The molecule has 0 fully saturated rings. The molecule has 1 aromatic heterocycles. The number of benzene rings is 2. The lowest BCUT2D eigenvalue weighted by Gasteiger charge is -2.08. The smallest absolute Gasteiger partial charge is 0.267 e. The van der Waals surface area contributed by atoms with Crippen LogP contribution in [0.15, 0.2) is 48.5 Å². The quantitative estimate of drug-likeness (QED) is 0.704. The number of nitrogens with zero attached hydrogens (tertiary/aromatic N) is 1. The number of aromatic nitrogens is 1. The largest absolute Gasteiger partial charge is 0.493 e. The number of amides is 1. The zero-order valence-corrected chi connectivity index (χ0v) is 15.7. The van der Waals surface area contributed by atoms with Crippen LogP contribution in [0, 0.1) is 6.92 Å². The van der Waals surface area contributed by atoms with Gasteiger partial charge >= 0.3 is 0 Å². The molecule has 1 heterocycles. The summed E-state index contributed by atoms with van der Waals surface area (Å²) in [4.78, 5) is 17.7. The zero-order valence-electron chi connectivity index (χ0n) is 14.9. The molecule has 0 unspecified atom stereocenters. The lowest BCUT2D eigenvalue weighted by Crippen LogP contribution is -2.11. The van der Waals surface area contributed by atoms with Gasteiger partial charge in [-0.05, 0) is 36.8 Å². The fraction of sp³-hybridized carbons (Fsp3) is 0.200. The second-order valence-corrected chi connectivity index (χ2v) is 6.79. The highest BCUT2D eigenvalue weighted by molar-refractivity contribution is 7.14. The first kappa shape index (κ1) is 17.9. The highest BCUT2D eigenvalue weighted by atomic mass is 32.1. The maximum absolute atomic E-state index is 12.5. The maximum atomic E-state index is 12.5. The number of aryl methyl sites for hydroxylation is 1. The molecule has 26 heavy (non-hydrogen) atoms. The van der Waals surface area contributed by atoms with E-state index in [2.05, 4.69) is 10.3 Å². The molecule has 0 atom stereocenters. The van der Waals surface area contributed by atoms with Gasteiger partial charge in [0, 0.05) is 12.1 Å². The number of carbonyl (C=O) groups is 1. The number of rotatable bonds is 6. The number of thiazole rings is 1. The average molecular weight is 368 g/mol. The highest BCUT2D eigenvalue weighted by Gasteiger charge is 2.16. The van der Waals surface area contributed by atoms with Crippen molar-refractivity contribution in [3.05, 3.63) is 69.7 Å². The molecule has 2 aromatic carbocycles. The maximum Gasteiger partial charge on any atom is 0.267 e. The highest BCUT2D eigenvalue weighted by Crippen LogP contribution is 2.29. The summed E-state index contributed by atoms with van der Waals surface area (Å²) in [6.45, 7) is 1.86. The molecule has 0 aliphatic rings. The first-order valence-corrected chi connectivity index (χ1v) is 8.96. The Morgan fingerprint density at radius 3 is 2.50 bits per heavy atom. The summed E-state index contributed by atoms with van der Waals surface area (Å²) in [5, 5.41) is 3.79. The molecule has 0 aliphatic heterocycles. The van der Waals surface area contributed by atoms with Crippen LogP contribution >= 0.6 is 11.3 Å². The lowest BCUT2D eigenvalue weighted by molar-refractivity contribution is 0.103. The fourth-order valence-corrected chi connectivity index (χ4v) is 3.61. The van der Waals surface area contributed by atoms with Gasteiger partial charge in [0.25, 0.3) is 5.91 Å². The van der Waals surface area contributed by atoms with E-state index < -0.39 is 0 Å². The van der Waals surface area contributed by atoms with Crippen molar-refractivity contribution in [3.8, 4) is 11.5 Å². The van der Waals surface area contributed by atoms with Gasteiger partial charge in [0.2, 0.25) is 0 Å². The Hall–Kier alpha value is -2.86. The molecule has 0 aliphatic carbocycles. The van der Waals surface area contributed by atoms with Gasteiger partial charge in [-0.15, -0.1) is 11.3 Å². The minimum atomic E-state index is -0.134. The van der Waals surface area contributed by atoms with Crippen LogP contribution in [0.2, 0.25) is 0 Å². The van der Waals surface area contributed by atoms with E-state index in [1.165, 1.54) is 11.3 Å². The van der Waals surface area contributed by atoms with Crippen molar-refractivity contribution in [2.45, 2.75) is 13.3 Å². The van der Waals surface area contributed by atoms with E-state index in [1.807, 2.05) is 55.5 Å². The van der Waals surface area contributed by atoms with Crippen LogP contribution in [0.4, 0.5) is 5.69 Å². The van der Waals surface area contributed by atoms with E-state index in [4.69, 9.17) is 9.47 Å². The van der Waals surface area contributed by atoms with E-state index in [1.54, 1.807) is 14.2 Å². The second-order valence-electron chi connectivity index (χ2n) is 5.71. The van der Waals surface area contributed by atoms with Crippen molar-refractivity contribution in [2.75, 3.05) is 19.5 Å². The first-order valence-electron chi connectivity index (χ1n) is 8.14. The van der Waals surface area contributed by atoms with Gasteiger partial charge in [-0.3, -0.25) is 4.79 Å². The van der Waals surface area contributed by atoms with Crippen LogP contribution in [-0.4, -0.2) is 25.1 Å². The number of hydrogen-bond acceptors (Lipinski definition) is 5. The molecule has 0 radical (unpaired) electrons. The summed E-state index contributed by atoms with van der Waals surface area (Å²) in [7, 11) is 3.22. The molecule has 3 aromatic rings. The lowest BCUT2D eigenvalue weighted by atomic mass is 10.1. The molecule has 1 amide bonds. The standard InChI is InChI=1S/C20H20N2O3S/c1-13-19(20(23)22-15-7-5-4-6-8-15)26-18(21-13)12-14-9-10-16(24-2)17(11-14)25-3/h4-11H,12H2,1-3H3,(H,22,23). The van der Waals surface area contributed by atoms with Crippen LogP contribution in [-0.2, 0) is 6.42 Å². The molecule has 3 rings (SSSR count). The Morgan fingerprint density at radius 1 is 1.08 bits per heavy atom. The molecule has 134 valence electrons. The second kappa shape index (κ2) is 8.01. The third-order valence-electron chi connectivity index (χ3n) is 3.88. The van der Waals surface area contributed by atoms with Gasteiger partial charge < -0.3 is 14.8 Å². The Bertz CT molecular complexity index is 907. The number of para-hydroxylation sites is 1. The summed E-state index contributed by atoms with van der Waals surface area (Å²) >= 11 is 1.41. The van der Waals surface area contributed by atoms with Gasteiger partial charge in [-0.25, -0.2) is 4.98 Å². The number of nitrogens with one attached hydrogen (secondary N) is 1. The summed E-state index contributed by atoms with van der Waals surface area (Å²) in [5.74, 6) is 1.24. The normalized spacial score (nSPS) is 10.4. The molecule has 0 spiro atoms. The summed E-state index contributed by atoms with van der Waals surface area (Å²) in [6.07, 6.45) is 0.629. The molecule has 1 N–H and O–H groups in total. The van der Waals surface area contributed by atoms with Crippen LogP contribution < -0.4 is 14.8 Å². The monoisotopic (exact) mass is 368 g/mol. The minimum Gasteiger partial charge on any atom is -0.493 e. The molecule has 5 nitrogen and oxygen atoms in total. The van der Waals surface area contributed by atoms with E-state index in [0.29, 0.717) is 22.8 Å². The number of methoxy groups -OCH3 is 2. The third kappa shape index (κ3) is 4.03. The molecule has 0 bridgehead atoms. The Kier molecular flexibility index (Phi) is 5.53. The molecular formula is C20H20N2O3S. The molecule has 6 heteroatoms. The van der Waals surface area contributed by atoms with Gasteiger partial charge in [0.05, 0.1) is 24.9 Å². The average Bonchev–Trinajstić information content (AvgIpc) is 3.02. The van der Waals surface area contributed by atoms with Gasteiger partial charge in [0.15, 0.2) is 11.5 Å². The SMILES string of the molecule is COc1ccc(Cc2nc(C)c(C(=O)Nc3ccccc3)s2)cc1OC. The van der Waals surface area contributed by atoms with Crippen molar-refractivity contribution in [1.82, 2.24) is 4.98 Å². The summed E-state index contributed by atoms with van der Waals surface area (Å²) < 4.78 is 10.6. The van der Waals surface area contributed by atoms with E-state index in [0.717, 1.165) is 22.0 Å². The topological polar surface area (TPSA) is 60.5 Å². The predicted molar refractivity (Wildman–Crippen MR) is 104 cm³/mol. The van der Waals surface area contributed by atoms with Crippen molar-refractivity contribution in [1.29, 1.82) is 0 Å². The minimum absolute atomic E-state index is 0.134. The molecule has 0 saturated heterocycles. The fourth-order valence-electron chi connectivity index (χ4n) is 2.61. The number of carbonyl (C=O) groups excluding carboxylic acids is 1. The van der Waals surface area contributed by atoms with Crippen LogP contribution in [0.3, 0.4) is 0 Å². The summed E-state index contributed by atoms with van der Waals surface area (Å²) in [5.41, 5.74) is 2.55. The first-order chi connectivity index (χ1) is 12.6. The molecular weight excluding hydrogens is 348 g/mol. The van der Waals surface area contributed by atoms with Crippen LogP contribution in [0.5, 0.6) is 11.5 Å². The Morgan fingerprint density at radius 2 is 1.81 bits per heavy atom. The van der Waals surface area contributed by atoms with Gasteiger partial charge in [0.1, 0.15) is 4.88 Å². The van der Waals surface area contributed by atoms with Gasteiger partial charge in [-0.2, -0.15) is 0 Å².